The highest BCUT2D eigenvalue weighted by atomic mass is 35.5. The normalized spacial score (nSPS) is 9.32. The van der Waals surface area contributed by atoms with Crippen LogP contribution in [0.1, 0.15) is 10.4 Å². The van der Waals surface area contributed by atoms with E-state index in [1.165, 1.54) is 18.2 Å². The van der Waals surface area contributed by atoms with Crippen LogP contribution >= 0.6 is 11.6 Å². The number of carbonyl (C=O) groups is 1. The molecule has 8 nitrogen and oxygen atoms in total. The molecule has 0 fully saturated rings. The number of carbonyl (C=O) groups excluding carboxylic acids is 1. The number of amides is 1. The molecule has 0 saturated carbocycles. The number of rotatable bonds is 3. The third-order valence-corrected chi connectivity index (χ3v) is 2.72. The fourth-order valence-corrected chi connectivity index (χ4v) is 1.61. The lowest BCUT2D eigenvalue weighted by Crippen LogP contribution is -2.10. The number of non-ortho nitro benzene ring substituents is 2. The zero-order valence-corrected chi connectivity index (χ0v) is 11.8. The topological polar surface area (TPSA) is 129 Å². The molecule has 0 unspecified atom stereocenters. The van der Waals surface area contributed by atoms with Gasteiger partial charge in [-0.2, -0.15) is 0 Å². The van der Waals surface area contributed by atoms with Crippen molar-refractivity contribution in [2.24, 2.45) is 5.73 Å². The molecule has 22 heavy (non-hydrogen) atoms. The van der Waals surface area contributed by atoms with Gasteiger partial charge in [-0.05, 0) is 18.2 Å². The molecule has 0 aliphatic carbocycles. The van der Waals surface area contributed by atoms with Crippen LogP contribution in [0, 0.1) is 20.2 Å². The second-order valence-corrected chi connectivity index (χ2v) is 4.29. The van der Waals surface area contributed by atoms with Crippen molar-refractivity contribution in [3.8, 4) is 0 Å². The van der Waals surface area contributed by atoms with Crippen LogP contribution in [0.25, 0.3) is 0 Å². The monoisotopic (exact) mass is 323 g/mol. The van der Waals surface area contributed by atoms with Crippen molar-refractivity contribution in [2.75, 3.05) is 0 Å². The Hall–Kier alpha value is -3.00. The van der Waals surface area contributed by atoms with Gasteiger partial charge in [0.25, 0.3) is 11.4 Å². The lowest BCUT2D eigenvalue weighted by molar-refractivity contribution is -0.394. The summed E-state index contributed by atoms with van der Waals surface area (Å²) < 4.78 is 0. The molecule has 1 amide bonds. The first-order valence-corrected chi connectivity index (χ1v) is 6.14. The summed E-state index contributed by atoms with van der Waals surface area (Å²) in [5.41, 5.74) is 4.81. The van der Waals surface area contributed by atoms with E-state index < -0.39 is 15.8 Å². The summed E-state index contributed by atoms with van der Waals surface area (Å²) in [6.45, 7) is 0. The van der Waals surface area contributed by atoms with E-state index in [4.69, 9.17) is 17.3 Å². The van der Waals surface area contributed by atoms with Gasteiger partial charge in [-0.15, -0.1) is 0 Å². The number of nitro benzene ring substituents is 2. The molecule has 2 aromatic carbocycles. The summed E-state index contributed by atoms with van der Waals surface area (Å²) in [6, 6.07) is 11.3. The van der Waals surface area contributed by atoms with Gasteiger partial charge in [-0.25, -0.2) is 0 Å². The minimum atomic E-state index is -0.674. The molecule has 0 spiro atoms. The van der Waals surface area contributed by atoms with Gasteiger partial charge in [0.05, 0.1) is 26.5 Å². The van der Waals surface area contributed by atoms with Gasteiger partial charge in [-0.1, -0.05) is 23.7 Å². The Balaban J connectivity index is 0.000000224. The van der Waals surface area contributed by atoms with Gasteiger partial charge < -0.3 is 5.73 Å². The van der Waals surface area contributed by atoms with E-state index in [9.17, 15) is 25.0 Å². The highest BCUT2D eigenvalue weighted by molar-refractivity contribution is 6.33. The number of nitro groups is 2. The van der Waals surface area contributed by atoms with Crippen molar-refractivity contribution in [1.29, 1.82) is 0 Å². The highest BCUT2D eigenvalue weighted by Crippen LogP contribution is 2.18. The molecule has 0 atom stereocenters. The van der Waals surface area contributed by atoms with Crippen molar-refractivity contribution in [3.63, 3.8) is 0 Å². The third kappa shape index (κ3) is 4.84. The minimum Gasteiger partial charge on any atom is -0.366 e. The van der Waals surface area contributed by atoms with Crippen molar-refractivity contribution in [1.82, 2.24) is 0 Å². The highest BCUT2D eigenvalue weighted by Gasteiger charge is 2.11. The first kappa shape index (κ1) is 17.1. The molecule has 2 N–H and O–H groups in total. The molecule has 0 heterocycles. The predicted octanol–water partition coefficient (Wildman–Crippen LogP) is 2.94. The number of benzene rings is 2. The van der Waals surface area contributed by atoms with E-state index in [1.54, 1.807) is 24.3 Å². The predicted molar refractivity (Wildman–Crippen MR) is 79.7 cm³/mol. The standard InChI is InChI=1S/C7H6ClNO.C6H4N2O4/c8-6-4-2-1-3-5(6)7(9)10;9-7(10)5-2-1-3-6(4-5)8(11)12/h1-4H,(H2,9,10);1-4H. The molecule has 2 aromatic rings. The first-order chi connectivity index (χ1) is 10.3. The Bertz CT molecular complexity index is 691. The molecule has 0 aliphatic rings. The van der Waals surface area contributed by atoms with Crippen LogP contribution < -0.4 is 5.73 Å². The van der Waals surface area contributed by atoms with E-state index in [0.29, 0.717) is 10.6 Å². The second kappa shape index (κ2) is 7.70. The van der Waals surface area contributed by atoms with Crippen LogP contribution in [0.2, 0.25) is 5.02 Å². The van der Waals surface area contributed by atoms with Gasteiger partial charge in [0.15, 0.2) is 0 Å². The number of hydrogen-bond donors (Lipinski definition) is 1. The first-order valence-electron chi connectivity index (χ1n) is 5.76. The van der Waals surface area contributed by atoms with Crippen molar-refractivity contribution in [3.05, 3.63) is 79.3 Å². The van der Waals surface area contributed by atoms with E-state index in [1.807, 2.05) is 0 Å². The number of nitrogens with zero attached hydrogens (tertiary/aromatic N) is 2. The molecule has 0 saturated heterocycles. The smallest absolute Gasteiger partial charge is 0.276 e. The van der Waals surface area contributed by atoms with E-state index in [-0.39, 0.29) is 11.4 Å². The second-order valence-electron chi connectivity index (χ2n) is 3.88. The van der Waals surface area contributed by atoms with Gasteiger partial charge in [0, 0.05) is 12.1 Å². The van der Waals surface area contributed by atoms with Crippen LogP contribution in [-0.2, 0) is 0 Å². The lowest BCUT2D eigenvalue weighted by atomic mass is 10.2. The Morgan fingerprint density at radius 1 is 0.955 bits per heavy atom. The van der Waals surface area contributed by atoms with Gasteiger partial charge >= 0.3 is 0 Å². The molecule has 0 aromatic heterocycles. The largest absolute Gasteiger partial charge is 0.366 e. The van der Waals surface area contributed by atoms with Crippen molar-refractivity contribution >= 4 is 28.9 Å². The fraction of sp³-hybridized carbons (Fsp3) is 0. The lowest BCUT2D eigenvalue weighted by Gasteiger charge is -1.95. The Kier molecular flexibility index (Phi) is 5.96. The van der Waals surface area contributed by atoms with E-state index in [2.05, 4.69) is 0 Å². The summed E-state index contributed by atoms with van der Waals surface area (Å²) in [6.07, 6.45) is 0. The summed E-state index contributed by atoms with van der Waals surface area (Å²) in [5, 5.41) is 20.7. The Morgan fingerprint density at radius 2 is 1.45 bits per heavy atom. The average molecular weight is 324 g/mol. The summed E-state index contributed by atoms with van der Waals surface area (Å²) >= 11 is 5.62. The van der Waals surface area contributed by atoms with Crippen LogP contribution in [0.4, 0.5) is 11.4 Å². The molecule has 114 valence electrons. The van der Waals surface area contributed by atoms with Gasteiger partial charge in [-0.3, -0.25) is 25.0 Å². The molecule has 0 radical (unpaired) electrons. The zero-order chi connectivity index (χ0) is 16.7. The van der Waals surface area contributed by atoms with E-state index >= 15 is 0 Å². The molecule has 0 aliphatic heterocycles. The molecular formula is C13H10ClN3O5. The molecule has 2 rings (SSSR count). The molecule has 9 heteroatoms. The number of nitrogens with two attached hydrogens (primary N) is 1. The summed E-state index contributed by atoms with van der Waals surface area (Å²) in [4.78, 5) is 29.5. The molecular weight excluding hydrogens is 314 g/mol. The maximum atomic E-state index is 10.6. The van der Waals surface area contributed by atoms with Crippen molar-refractivity contribution < 1.29 is 14.6 Å². The summed E-state index contributed by atoms with van der Waals surface area (Å²) in [7, 11) is 0. The number of primary amides is 1. The maximum Gasteiger partial charge on any atom is 0.276 e. The maximum absolute atomic E-state index is 10.6. The third-order valence-electron chi connectivity index (χ3n) is 2.39. The molecule has 0 bridgehead atoms. The zero-order valence-electron chi connectivity index (χ0n) is 11.0. The Labute approximate surface area is 129 Å². The van der Waals surface area contributed by atoms with Crippen LogP contribution in [0.5, 0.6) is 0 Å². The van der Waals surface area contributed by atoms with Gasteiger partial charge in [0.2, 0.25) is 5.91 Å². The van der Waals surface area contributed by atoms with Crippen LogP contribution in [0.3, 0.4) is 0 Å². The van der Waals surface area contributed by atoms with E-state index in [0.717, 1.165) is 6.07 Å². The van der Waals surface area contributed by atoms with Crippen LogP contribution in [-0.4, -0.2) is 15.8 Å². The van der Waals surface area contributed by atoms with Gasteiger partial charge in [0.1, 0.15) is 0 Å². The van der Waals surface area contributed by atoms with Crippen LogP contribution in [0.15, 0.2) is 48.5 Å². The average Bonchev–Trinajstić information content (AvgIpc) is 2.48. The fourth-order valence-electron chi connectivity index (χ4n) is 1.38. The minimum absolute atomic E-state index is 0.274. The number of hydrogen-bond acceptors (Lipinski definition) is 5. The number of halogens is 1. The SMILES string of the molecule is NC(=O)c1ccccc1Cl.O=[N+]([O-])c1cccc([N+](=O)[O-])c1. The summed E-state index contributed by atoms with van der Waals surface area (Å²) in [5.74, 6) is -0.495. The van der Waals surface area contributed by atoms with Crippen molar-refractivity contribution in [2.45, 2.75) is 0 Å². The quantitative estimate of drug-likeness (QED) is 0.685. The Morgan fingerprint density at radius 3 is 1.82 bits per heavy atom.